The van der Waals surface area contributed by atoms with Crippen molar-refractivity contribution in [2.24, 2.45) is 0 Å². The molecule has 0 spiro atoms. The second kappa shape index (κ2) is 7.26. The fourth-order valence-electron chi connectivity index (χ4n) is 2.03. The van der Waals surface area contributed by atoms with Crippen LogP contribution in [0.25, 0.3) is 0 Å². The van der Waals surface area contributed by atoms with Gasteiger partial charge in [0.1, 0.15) is 5.82 Å². The number of carboxylic acids is 1. The molecule has 1 unspecified atom stereocenters. The summed E-state index contributed by atoms with van der Waals surface area (Å²) >= 11 is 0. The van der Waals surface area contributed by atoms with E-state index in [2.05, 4.69) is 9.97 Å². The molecule has 4 nitrogen and oxygen atoms in total. The van der Waals surface area contributed by atoms with E-state index in [1.807, 2.05) is 6.92 Å². The minimum Gasteiger partial charge on any atom is -0.481 e. The number of alkyl halides is 2. The second-order valence-corrected chi connectivity index (χ2v) is 5.02. The Morgan fingerprint density at radius 3 is 2.50 bits per heavy atom. The molecule has 0 radical (unpaired) electrons. The van der Waals surface area contributed by atoms with Crippen molar-refractivity contribution in [2.45, 2.75) is 57.8 Å². The number of hydrogen-bond acceptors (Lipinski definition) is 3. The van der Waals surface area contributed by atoms with Gasteiger partial charge in [0.2, 0.25) is 5.92 Å². The maximum atomic E-state index is 13.8. The summed E-state index contributed by atoms with van der Waals surface area (Å²) in [7, 11) is 0. The molecule has 0 aromatic carbocycles. The number of nitrogens with zero attached hydrogens (tertiary/aromatic N) is 2. The molecule has 0 bridgehead atoms. The minimum atomic E-state index is -2.86. The molecular weight excluding hydrogens is 266 g/mol. The maximum absolute atomic E-state index is 13.8. The van der Waals surface area contributed by atoms with Crippen LogP contribution in [0.3, 0.4) is 0 Å². The molecule has 0 amide bonds. The lowest BCUT2D eigenvalue weighted by molar-refractivity contribution is -0.138. The van der Waals surface area contributed by atoms with Crippen LogP contribution in [0, 0.1) is 6.92 Å². The molecule has 1 aromatic heterocycles. The summed E-state index contributed by atoms with van der Waals surface area (Å²) in [6.45, 7) is 3.53. The number of aromatic nitrogens is 2. The average Bonchev–Trinajstić information content (AvgIpc) is 2.36. The van der Waals surface area contributed by atoms with E-state index < -0.39 is 24.2 Å². The summed E-state index contributed by atoms with van der Waals surface area (Å²) < 4.78 is 27.7. The normalized spacial score (nSPS) is 13.2. The number of halogens is 2. The Morgan fingerprint density at radius 2 is 2.00 bits per heavy atom. The van der Waals surface area contributed by atoms with Crippen LogP contribution in [0.15, 0.2) is 12.4 Å². The number of unbranched alkanes of at least 4 members (excludes halogenated alkanes) is 1. The zero-order chi connectivity index (χ0) is 15.2. The molecule has 1 heterocycles. The van der Waals surface area contributed by atoms with Gasteiger partial charge in [0.15, 0.2) is 0 Å². The average molecular weight is 286 g/mol. The maximum Gasteiger partial charge on any atom is 0.303 e. The Balaban J connectivity index is 2.84. The predicted octanol–water partition coefficient (Wildman–Crippen LogP) is 3.56. The number of rotatable bonds is 8. The van der Waals surface area contributed by atoms with Gasteiger partial charge in [-0.15, -0.1) is 0 Å². The van der Waals surface area contributed by atoms with E-state index in [9.17, 15) is 13.6 Å². The van der Waals surface area contributed by atoms with Gasteiger partial charge in [0.25, 0.3) is 0 Å². The van der Waals surface area contributed by atoms with Crippen molar-refractivity contribution in [1.29, 1.82) is 0 Å². The van der Waals surface area contributed by atoms with Crippen molar-refractivity contribution in [2.75, 3.05) is 0 Å². The lowest BCUT2D eigenvalue weighted by Crippen LogP contribution is -2.22. The molecule has 1 rings (SSSR count). The van der Waals surface area contributed by atoms with Crippen LogP contribution in [0.4, 0.5) is 8.78 Å². The van der Waals surface area contributed by atoms with Gasteiger partial charge in [-0.3, -0.25) is 4.79 Å². The molecule has 0 aliphatic heterocycles. The molecular formula is C14H20F2N2O2. The zero-order valence-electron chi connectivity index (χ0n) is 11.8. The van der Waals surface area contributed by atoms with Crippen LogP contribution in [0.5, 0.6) is 0 Å². The van der Waals surface area contributed by atoms with Gasteiger partial charge >= 0.3 is 5.97 Å². The van der Waals surface area contributed by atoms with Gasteiger partial charge in [-0.25, -0.2) is 18.7 Å². The number of hydrogen-bond donors (Lipinski definition) is 1. The number of carbonyl (C=O) groups is 1. The number of aliphatic carboxylic acids is 1. The third-order valence-electron chi connectivity index (χ3n) is 3.13. The van der Waals surface area contributed by atoms with Crippen molar-refractivity contribution in [1.82, 2.24) is 9.97 Å². The first-order valence-electron chi connectivity index (χ1n) is 6.72. The largest absolute Gasteiger partial charge is 0.481 e. The van der Waals surface area contributed by atoms with Crippen LogP contribution in [0.2, 0.25) is 0 Å². The van der Waals surface area contributed by atoms with E-state index in [4.69, 9.17) is 5.11 Å². The Morgan fingerprint density at radius 1 is 1.40 bits per heavy atom. The smallest absolute Gasteiger partial charge is 0.303 e. The topological polar surface area (TPSA) is 63.1 Å². The molecule has 112 valence electrons. The van der Waals surface area contributed by atoms with Crippen LogP contribution >= 0.6 is 0 Å². The van der Waals surface area contributed by atoms with Crippen LogP contribution in [0.1, 0.15) is 56.3 Å². The molecule has 1 aromatic rings. The van der Waals surface area contributed by atoms with Crippen LogP contribution in [-0.2, 0) is 4.79 Å². The highest BCUT2D eigenvalue weighted by Gasteiger charge is 2.33. The van der Waals surface area contributed by atoms with Crippen molar-refractivity contribution in [3.8, 4) is 0 Å². The highest BCUT2D eigenvalue weighted by atomic mass is 19.3. The van der Waals surface area contributed by atoms with Gasteiger partial charge in [0.05, 0.1) is 6.42 Å². The first-order chi connectivity index (χ1) is 9.34. The fraction of sp³-hybridized carbons (Fsp3) is 0.643. The van der Waals surface area contributed by atoms with E-state index >= 15 is 0 Å². The summed E-state index contributed by atoms with van der Waals surface area (Å²) in [4.78, 5) is 18.8. The van der Waals surface area contributed by atoms with Crippen molar-refractivity contribution >= 4 is 5.97 Å². The molecule has 0 aliphatic carbocycles. The number of carboxylic acid groups (broad SMARTS) is 1. The third kappa shape index (κ3) is 5.59. The minimum absolute atomic E-state index is 0.216. The van der Waals surface area contributed by atoms with Crippen molar-refractivity contribution < 1.29 is 18.7 Å². The lowest BCUT2D eigenvalue weighted by atomic mass is 9.90. The molecule has 0 aliphatic rings. The summed E-state index contributed by atoms with van der Waals surface area (Å²) in [5.74, 6) is -4.19. The Labute approximate surface area is 117 Å². The van der Waals surface area contributed by atoms with E-state index in [1.165, 1.54) is 12.4 Å². The Hall–Kier alpha value is -1.59. The van der Waals surface area contributed by atoms with E-state index in [1.54, 1.807) is 6.92 Å². The molecule has 20 heavy (non-hydrogen) atoms. The van der Waals surface area contributed by atoms with Gasteiger partial charge in [-0.05, 0) is 18.9 Å². The second-order valence-electron chi connectivity index (χ2n) is 5.02. The molecule has 0 saturated heterocycles. The number of aryl methyl sites for hydroxylation is 1. The first kappa shape index (κ1) is 16.5. The Kier molecular flexibility index (Phi) is 5.98. The highest BCUT2D eigenvalue weighted by Crippen LogP contribution is 2.35. The first-order valence-corrected chi connectivity index (χ1v) is 6.72. The van der Waals surface area contributed by atoms with E-state index in [-0.39, 0.29) is 12.8 Å². The highest BCUT2D eigenvalue weighted by molar-refractivity contribution is 5.68. The SMILES string of the molecule is CCCCC(F)(F)CC(CC(=O)O)c1cnc(C)nc1. The van der Waals surface area contributed by atoms with Crippen molar-refractivity contribution in [3.63, 3.8) is 0 Å². The standard InChI is InChI=1S/C14H20F2N2O2/c1-3-4-5-14(15,16)7-11(6-13(19)20)12-8-17-10(2)18-9-12/h8-9,11H,3-7H2,1-2H3,(H,19,20). The van der Waals surface area contributed by atoms with Crippen molar-refractivity contribution in [3.05, 3.63) is 23.8 Å². The van der Waals surface area contributed by atoms with Crippen LogP contribution < -0.4 is 0 Å². The van der Waals surface area contributed by atoms with Gasteiger partial charge in [-0.1, -0.05) is 13.3 Å². The zero-order valence-corrected chi connectivity index (χ0v) is 11.8. The van der Waals surface area contributed by atoms with E-state index in [0.717, 1.165) is 0 Å². The fourth-order valence-corrected chi connectivity index (χ4v) is 2.03. The predicted molar refractivity (Wildman–Crippen MR) is 70.9 cm³/mol. The summed E-state index contributed by atoms with van der Waals surface area (Å²) in [5.41, 5.74) is 0.453. The van der Waals surface area contributed by atoms with Gasteiger partial charge in [-0.2, -0.15) is 0 Å². The third-order valence-corrected chi connectivity index (χ3v) is 3.13. The Bertz CT molecular complexity index is 435. The van der Waals surface area contributed by atoms with Crippen LogP contribution in [-0.4, -0.2) is 27.0 Å². The summed E-state index contributed by atoms with van der Waals surface area (Å²) in [6.07, 6.45) is 2.95. The van der Waals surface area contributed by atoms with Gasteiger partial charge in [0, 0.05) is 31.2 Å². The molecule has 0 fully saturated rings. The molecule has 1 N–H and O–H groups in total. The lowest BCUT2D eigenvalue weighted by Gasteiger charge is -2.22. The summed E-state index contributed by atoms with van der Waals surface area (Å²) in [6, 6.07) is 0. The molecule has 1 atom stereocenters. The summed E-state index contributed by atoms with van der Waals surface area (Å²) in [5, 5.41) is 8.89. The quantitative estimate of drug-likeness (QED) is 0.793. The monoisotopic (exact) mass is 286 g/mol. The van der Waals surface area contributed by atoms with E-state index in [0.29, 0.717) is 24.2 Å². The van der Waals surface area contributed by atoms with Gasteiger partial charge < -0.3 is 5.11 Å². The molecule has 0 saturated carbocycles. The molecule has 6 heteroatoms.